The molecule has 0 bridgehead atoms. The van der Waals surface area contributed by atoms with Gasteiger partial charge in [0.05, 0.1) is 0 Å². The van der Waals surface area contributed by atoms with Crippen LogP contribution in [-0.2, 0) is 0 Å². The lowest BCUT2D eigenvalue weighted by atomic mass is 10.1. The summed E-state index contributed by atoms with van der Waals surface area (Å²) in [4.78, 5) is 11.0. The lowest BCUT2D eigenvalue weighted by molar-refractivity contribution is 0.628. The van der Waals surface area contributed by atoms with Gasteiger partial charge in [-0.2, -0.15) is 4.98 Å². The number of aromatic nitrogens is 2. The van der Waals surface area contributed by atoms with Crippen LogP contribution >= 0.6 is 0 Å². The molecule has 0 aliphatic carbocycles. The molecule has 4 nitrogen and oxygen atoms in total. The molecule has 0 saturated carbocycles. The Morgan fingerprint density at radius 1 is 1.10 bits per heavy atom. The Labute approximate surface area is 123 Å². The van der Waals surface area contributed by atoms with E-state index >= 15 is 0 Å². The maximum atomic E-state index is 13.3. The molecule has 2 heterocycles. The van der Waals surface area contributed by atoms with Gasteiger partial charge in [-0.3, -0.25) is 0 Å². The molecule has 2 N–H and O–H groups in total. The zero-order valence-electron chi connectivity index (χ0n) is 11.9. The fraction of sp³-hybridized carbons (Fsp3) is 0.375. The minimum Gasteiger partial charge on any atom is -0.383 e. The molecule has 0 spiro atoms. The van der Waals surface area contributed by atoms with Crippen LogP contribution < -0.4 is 10.6 Å². The van der Waals surface area contributed by atoms with Crippen LogP contribution in [0.25, 0.3) is 11.1 Å². The Morgan fingerprint density at radius 2 is 1.86 bits per heavy atom. The minimum absolute atomic E-state index is 0.288. The Kier molecular flexibility index (Phi) is 3.99. The number of nitrogen functional groups attached to an aromatic ring is 1. The summed E-state index contributed by atoms with van der Waals surface area (Å²) in [6, 6.07) is 6.32. The summed E-state index contributed by atoms with van der Waals surface area (Å²) >= 11 is 0. The summed E-state index contributed by atoms with van der Waals surface area (Å²) in [7, 11) is 0. The molecule has 0 amide bonds. The van der Waals surface area contributed by atoms with Gasteiger partial charge in [-0.05, 0) is 30.5 Å². The van der Waals surface area contributed by atoms with Crippen LogP contribution in [0.5, 0.6) is 0 Å². The SMILES string of the molecule is Nc1nc(N2CCCCCC2)ncc1-c1cccc(F)c1. The van der Waals surface area contributed by atoms with Gasteiger partial charge in [0.15, 0.2) is 0 Å². The van der Waals surface area contributed by atoms with E-state index in [4.69, 9.17) is 5.73 Å². The second-order valence-corrected chi connectivity index (χ2v) is 5.38. The van der Waals surface area contributed by atoms with Crippen molar-refractivity contribution >= 4 is 11.8 Å². The molecule has 0 unspecified atom stereocenters. The highest BCUT2D eigenvalue weighted by atomic mass is 19.1. The molecule has 3 rings (SSSR count). The highest BCUT2D eigenvalue weighted by Crippen LogP contribution is 2.26. The van der Waals surface area contributed by atoms with Crippen molar-refractivity contribution < 1.29 is 4.39 Å². The Bertz CT molecular complexity index is 621. The third-order valence-corrected chi connectivity index (χ3v) is 3.83. The summed E-state index contributed by atoms with van der Waals surface area (Å²) in [6.07, 6.45) is 6.53. The maximum Gasteiger partial charge on any atom is 0.227 e. The number of hydrogen-bond donors (Lipinski definition) is 1. The molecule has 0 atom stereocenters. The predicted molar refractivity (Wildman–Crippen MR) is 82.5 cm³/mol. The van der Waals surface area contributed by atoms with Crippen LogP contribution in [0.1, 0.15) is 25.7 Å². The van der Waals surface area contributed by atoms with E-state index in [0.717, 1.165) is 25.9 Å². The summed E-state index contributed by atoms with van der Waals surface area (Å²) in [5.41, 5.74) is 7.43. The van der Waals surface area contributed by atoms with Gasteiger partial charge in [0.1, 0.15) is 11.6 Å². The van der Waals surface area contributed by atoms with Gasteiger partial charge in [-0.25, -0.2) is 9.37 Å². The number of benzene rings is 1. The molecule has 0 radical (unpaired) electrons. The second kappa shape index (κ2) is 6.08. The molecule has 5 heteroatoms. The van der Waals surface area contributed by atoms with Gasteiger partial charge in [0, 0.05) is 24.8 Å². The molecule has 1 aliphatic heterocycles. The third kappa shape index (κ3) is 3.12. The lowest BCUT2D eigenvalue weighted by Crippen LogP contribution is -2.26. The number of hydrogen-bond acceptors (Lipinski definition) is 4. The van der Waals surface area contributed by atoms with E-state index in [0.29, 0.717) is 22.9 Å². The van der Waals surface area contributed by atoms with Gasteiger partial charge in [0.2, 0.25) is 5.95 Å². The quantitative estimate of drug-likeness (QED) is 0.920. The highest BCUT2D eigenvalue weighted by Gasteiger charge is 2.14. The number of anilines is 2. The van der Waals surface area contributed by atoms with Crippen LogP contribution in [-0.4, -0.2) is 23.1 Å². The van der Waals surface area contributed by atoms with E-state index in [9.17, 15) is 4.39 Å². The first-order valence-corrected chi connectivity index (χ1v) is 7.37. The Morgan fingerprint density at radius 3 is 2.52 bits per heavy atom. The molecule has 1 saturated heterocycles. The molecule has 21 heavy (non-hydrogen) atoms. The van der Waals surface area contributed by atoms with E-state index in [1.54, 1.807) is 12.3 Å². The summed E-state index contributed by atoms with van der Waals surface area (Å²) < 4.78 is 13.3. The van der Waals surface area contributed by atoms with E-state index in [-0.39, 0.29) is 5.82 Å². The van der Waals surface area contributed by atoms with Crippen molar-refractivity contribution in [3.05, 3.63) is 36.3 Å². The van der Waals surface area contributed by atoms with Crippen LogP contribution in [0.2, 0.25) is 0 Å². The van der Waals surface area contributed by atoms with Gasteiger partial charge >= 0.3 is 0 Å². The number of halogens is 1. The van der Waals surface area contributed by atoms with Crippen molar-refractivity contribution in [2.24, 2.45) is 0 Å². The van der Waals surface area contributed by atoms with Crippen LogP contribution in [0.4, 0.5) is 16.2 Å². The average molecular weight is 286 g/mol. The van der Waals surface area contributed by atoms with Crippen molar-refractivity contribution in [3.8, 4) is 11.1 Å². The summed E-state index contributed by atoms with van der Waals surface area (Å²) in [6.45, 7) is 1.94. The summed E-state index contributed by atoms with van der Waals surface area (Å²) in [5, 5.41) is 0. The van der Waals surface area contributed by atoms with Crippen LogP contribution in [0.3, 0.4) is 0 Å². The van der Waals surface area contributed by atoms with Gasteiger partial charge < -0.3 is 10.6 Å². The molecule has 1 fully saturated rings. The van der Waals surface area contributed by atoms with E-state index in [2.05, 4.69) is 14.9 Å². The minimum atomic E-state index is -0.288. The second-order valence-electron chi connectivity index (χ2n) is 5.38. The molecular weight excluding hydrogens is 267 g/mol. The van der Waals surface area contributed by atoms with E-state index < -0.39 is 0 Å². The first kappa shape index (κ1) is 13.8. The molecule has 1 aromatic heterocycles. The van der Waals surface area contributed by atoms with Gasteiger partial charge in [-0.15, -0.1) is 0 Å². The largest absolute Gasteiger partial charge is 0.383 e. The number of nitrogens with zero attached hydrogens (tertiary/aromatic N) is 3. The lowest BCUT2D eigenvalue weighted by Gasteiger charge is -2.20. The summed E-state index contributed by atoms with van der Waals surface area (Å²) in [5.74, 6) is 0.785. The number of nitrogens with two attached hydrogens (primary N) is 1. The molecule has 2 aromatic rings. The Hall–Kier alpha value is -2.17. The zero-order chi connectivity index (χ0) is 14.7. The molecule has 110 valence electrons. The smallest absolute Gasteiger partial charge is 0.227 e. The topological polar surface area (TPSA) is 55.0 Å². The number of rotatable bonds is 2. The fourth-order valence-corrected chi connectivity index (χ4v) is 2.69. The van der Waals surface area contributed by atoms with Crippen molar-refractivity contribution in [1.29, 1.82) is 0 Å². The maximum absolute atomic E-state index is 13.3. The normalized spacial score (nSPS) is 15.8. The van der Waals surface area contributed by atoms with Gasteiger partial charge in [-0.1, -0.05) is 25.0 Å². The molecule has 1 aliphatic rings. The van der Waals surface area contributed by atoms with Crippen LogP contribution in [0.15, 0.2) is 30.5 Å². The molecular formula is C16H19FN4. The van der Waals surface area contributed by atoms with Crippen molar-refractivity contribution in [1.82, 2.24) is 9.97 Å². The fourth-order valence-electron chi connectivity index (χ4n) is 2.69. The third-order valence-electron chi connectivity index (χ3n) is 3.83. The van der Waals surface area contributed by atoms with Crippen molar-refractivity contribution in [2.45, 2.75) is 25.7 Å². The first-order valence-electron chi connectivity index (χ1n) is 7.37. The van der Waals surface area contributed by atoms with Crippen molar-refractivity contribution in [3.63, 3.8) is 0 Å². The molecule has 1 aromatic carbocycles. The Balaban J connectivity index is 1.89. The van der Waals surface area contributed by atoms with E-state index in [1.165, 1.54) is 25.0 Å². The first-order chi connectivity index (χ1) is 10.2. The van der Waals surface area contributed by atoms with Gasteiger partial charge in [0.25, 0.3) is 0 Å². The monoisotopic (exact) mass is 286 g/mol. The van der Waals surface area contributed by atoms with Crippen LogP contribution in [0, 0.1) is 5.82 Å². The standard InChI is InChI=1S/C16H19FN4/c17-13-7-5-6-12(10-13)14-11-19-16(20-15(14)18)21-8-3-1-2-4-9-21/h5-7,10-11H,1-4,8-9H2,(H2,18,19,20). The van der Waals surface area contributed by atoms with Crippen molar-refractivity contribution in [2.75, 3.05) is 23.7 Å². The predicted octanol–water partition coefficient (Wildman–Crippen LogP) is 3.25. The van der Waals surface area contributed by atoms with E-state index in [1.807, 2.05) is 6.07 Å². The highest BCUT2D eigenvalue weighted by molar-refractivity contribution is 5.73. The zero-order valence-corrected chi connectivity index (χ0v) is 11.9. The average Bonchev–Trinajstić information content (AvgIpc) is 2.76.